The summed E-state index contributed by atoms with van der Waals surface area (Å²) in [7, 11) is 0. The summed E-state index contributed by atoms with van der Waals surface area (Å²) in [4.78, 5) is 13.8. The van der Waals surface area contributed by atoms with Crippen molar-refractivity contribution in [1.29, 1.82) is 0 Å². The summed E-state index contributed by atoms with van der Waals surface area (Å²) in [6.45, 7) is 4.24. The molecular formula is C18H26FN2O+. The van der Waals surface area contributed by atoms with E-state index < -0.39 is 0 Å². The predicted molar refractivity (Wildman–Crippen MR) is 85.3 cm³/mol. The fourth-order valence-corrected chi connectivity index (χ4v) is 4.11. The molecule has 3 nitrogen and oxygen atoms in total. The number of fused-ring (bicyclic) bond motifs is 1. The molecule has 0 spiro atoms. The van der Waals surface area contributed by atoms with Gasteiger partial charge >= 0.3 is 0 Å². The van der Waals surface area contributed by atoms with E-state index in [-0.39, 0.29) is 17.8 Å². The van der Waals surface area contributed by atoms with Crippen molar-refractivity contribution in [2.75, 3.05) is 18.4 Å². The van der Waals surface area contributed by atoms with Gasteiger partial charge in [-0.15, -0.1) is 0 Å². The summed E-state index contributed by atoms with van der Waals surface area (Å²) >= 11 is 0. The Morgan fingerprint density at radius 3 is 2.59 bits per heavy atom. The van der Waals surface area contributed by atoms with Crippen LogP contribution in [0.15, 0.2) is 24.3 Å². The van der Waals surface area contributed by atoms with Crippen molar-refractivity contribution < 1.29 is 14.1 Å². The van der Waals surface area contributed by atoms with Crippen LogP contribution in [0.3, 0.4) is 0 Å². The first-order valence-corrected chi connectivity index (χ1v) is 8.54. The maximum Gasteiger partial charge on any atom is 0.282 e. The molecule has 0 radical (unpaired) electrons. The first-order chi connectivity index (χ1) is 10.6. The van der Waals surface area contributed by atoms with Crippen LogP contribution in [0.25, 0.3) is 0 Å². The molecule has 1 saturated heterocycles. The molecule has 1 heterocycles. The maximum absolute atomic E-state index is 12.9. The number of hydrogen-bond acceptors (Lipinski definition) is 1. The molecule has 3 rings (SSSR count). The first kappa shape index (κ1) is 15.5. The zero-order chi connectivity index (χ0) is 15.5. The van der Waals surface area contributed by atoms with Gasteiger partial charge in [-0.3, -0.25) is 4.79 Å². The van der Waals surface area contributed by atoms with Crippen molar-refractivity contribution in [3.05, 3.63) is 30.1 Å². The van der Waals surface area contributed by atoms with Crippen LogP contribution in [0.5, 0.6) is 0 Å². The zero-order valence-corrected chi connectivity index (χ0v) is 13.3. The Hall–Kier alpha value is -1.42. The van der Waals surface area contributed by atoms with Gasteiger partial charge in [0.05, 0.1) is 13.1 Å². The number of piperidine rings is 1. The van der Waals surface area contributed by atoms with E-state index >= 15 is 0 Å². The van der Waals surface area contributed by atoms with Gasteiger partial charge in [0.15, 0.2) is 6.04 Å². The number of carbonyl (C=O) groups is 1. The Morgan fingerprint density at radius 1 is 1.18 bits per heavy atom. The van der Waals surface area contributed by atoms with Crippen molar-refractivity contribution in [1.82, 2.24) is 0 Å². The van der Waals surface area contributed by atoms with Gasteiger partial charge in [0.2, 0.25) is 0 Å². The fraction of sp³-hybridized carbons (Fsp3) is 0.611. The minimum Gasteiger partial charge on any atom is -0.325 e. The highest BCUT2D eigenvalue weighted by Gasteiger charge is 2.37. The molecule has 4 heteroatoms. The Bertz CT molecular complexity index is 516. The predicted octanol–water partition coefficient (Wildman–Crippen LogP) is 2.25. The quantitative estimate of drug-likeness (QED) is 0.882. The Morgan fingerprint density at radius 2 is 1.86 bits per heavy atom. The van der Waals surface area contributed by atoms with Crippen LogP contribution in [0.4, 0.5) is 10.1 Å². The molecule has 2 N–H and O–H groups in total. The molecule has 0 aromatic heterocycles. The number of nitrogens with one attached hydrogen (secondary N) is 2. The lowest BCUT2D eigenvalue weighted by atomic mass is 9.75. The Balaban J connectivity index is 1.57. The second kappa shape index (κ2) is 6.78. The summed E-state index contributed by atoms with van der Waals surface area (Å²) in [6.07, 6.45) is 6.71. The number of likely N-dealkylation sites (tertiary alicyclic amines) is 1. The monoisotopic (exact) mass is 305 g/mol. The molecule has 0 bridgehead atoms. The van der Waals surface area contributed by atoms with Crippen molar-refractivity contribution >= 4 is 11.6 Å². The van der Waals surface area contributed by atoms with Crippen molar-refractivity contribution in [2.45, 2.75) is 45.1 Å². The number of carbonyl (C=O) groups excluding carboxylic acids is 1. The molecule has 1 unspecified atom stereocenters. The fourth-order valence-electron chi connectivity index (χ4n) is 4.11. The maximum atomic E-state index is 12.9. The van der Waals surface area contributed by atoms with Gasteiger partial charge in [0.1, 0.15) is 5.82 Å². The summed E-state index contributed by atoms with van der Waals surface area (Å²) in [5.74, 6) is 1.45. The third-order valence-corrected chi connectivity index (χ3v) is 5.54. The van der Waals surface area contributed by atoms with Crippen LogP contribution >= 0.6 is 0 Å². The third-order valence-electron chi connectivity index (χ3n) is 5.54. The lowest BCUT2D eigenvalue weighted by molar-refractivity contribution is -0.924. The van der Waals surface area contributed by atoms with Crippen LogP contribution in [0, 0.1) is 17.7 Å². The van der Waals surface area contributed by atoms with Gasteiger partial charge in [-0.25, -0.2) is 4.39 Å². The van der Waals surface area contributed by atoms with Crippen LogP contribution in [-0.4, -0.2) is 25.0 Å². The van der Waals surface area contributed by atoms with E-state index in [4.69, 9.17) is 0 Å². The van der Waals surface area contributed by atoms with Crippen molar-refractivity contribution in [2.24, 2.45) is 11.8 Å². The van der Waals surface area contributed by atoms with E-state index in [2.05, 4.69) is 5.32 Å². The van der Waals surface area contributed by atoms with Crippen molar-refractivity contribution in [3.8, 4) is 0 Å². The van der Waals surface area contributed by atoms with Crippen molar-refractivity contribution in [3.63, 3.8) is 0 Å². The van der Waals surface area contributed by atoms with E-state index in [1.165, 1.54) is 49.1 Å². The van der Waals surface area contributed by atoms with E-state index in [1.54, 1.807) is 12.1 Å². The smallest absolute Gasteiger partial charge is 0.282 e. The van der Waals surface area contributed by atoms with Crippen LogP contribution in [0.2, 0.25) is 0 Å². The molecule has 1 aromatic carbocycles. The van der Waals surface area contributed by atoms with Gasteiger partial charge in [-0.2, -0.15) is 0 Å². The molecule has 2 fully saturated rings. The number of anilines is 1. The summed E-state index contributed by atoms with van der Waals surface area (Å²) in [6, 6.07) is 5.93. The summed E-state index contributed by atoms with van der Waals surface area (Å²) in [5, 5.41) is 2.91. The number of hydrogen-bond donors (Lipinski definition) is 2. The molecule has 2 aliphatic rings. The Kier molecular flexibility index (Phi) is 4.77. The highest BCUT2D eigenvalue weighted by Crippen LogP contribution is 2.32. The summed E-state index contributed by atoms with van der Waals surface area (Å²) in [5.41, 5.74) is 0.671. The third kappa shape index (κ3) is 3.49. The van der Waals surface area contributed by atoms with Gasteiger partial charge in [0.25, 0.3) is 5.91 Å². The van der Waals surface area contributed by atoms with Gasteiger partial charge < -0.3 is 10.2 Å². The van der Waals surface area contributed by atoms with E-state index in [9.17, 15) is 9.18 Å². The SMILES string of the molecule is C[C@H](C(=O)Nc1ccc(F)cc1)[NH+]1CC[C@@H]2CCCC[C@@H]2C1. The molecule has 4 atom stereocenters. The molecule has 120 valence electrons. The number of quaternary nitrogens is 1. The largest absolute Gasteiger partial charge is 0.325 e. The lowest BCUT2D eigenvalue weighted by Crippen LogP contribution is -3.18. The molecule has 1 aromatic rings. The minimum absolute atomic E-state index is 0.0378. The average Bonchev–Trinajstić information content (AvgIpc) is 2.55. The molecule has 1 aliphatic carbocycles. The molecule has 1 saturated carbocycles. The Labute approximate surface area is 131 Å². The minimum atomic E-state index is -0.281. The van der Waals surface area contributed by atoms with E-state index in [0.29, 0.717) is 5.69 Å². The number of benzene rings is 1. The highest BCUT2D eigenvalue weighted by molar-refractivity contribution is 5.93. The molecular weight excluding hydrogens is 279 g/mol. The number of halogens is 1. The number of amides is 1. The first-order valence-electron chi connectivity index (χ1n) is 8.54. The topological polar surface area (TPSA) is 33.5 Å². The van der Waals surface area contributed by atoms with Gasteiger partial charge in [-0.05, 0) is 56.4 Å². The van der Waals surface area contributed by atoms with Gasteiger partial charge in [-0.1, -0.05) is 12.8 Å². The highest BCUT2D eigenvalue weighted by atomic mass is 19.1. The molecule has 1 aliphatic heterocycles. The normalized spacial score (nSPS) is 29.5. The second-order valence-corrected chi connectivity index (χ2v) is 6.92. The zero-order valence-electron chi connectivity index (χ0n) is 13.3. The van der Waals surface area contributed by atoms with Crippen LogP contribution in [-0.2, 0) is 4.79 Å². The van der Waals surface area contributed by atoms with E-state index in [0.717, 1.165) is 24.9 Å². The van der Waals surface area contributed by atoms with Gasteiger partial charge in [0, 0.05) is 11.6 Å². The van der Waals surface area contributed by atoms with E-state index in [1.807, 2.05) is 6.92 Å². The second-order valence-electron chi connectivity index (χ2n) is 6.92. The average molecular weight is 305 g/mol. The standard InChI is InChI=1S/C18H25FN2O/c1-13(18(22)20-17-8-6-16(19)7-9-17)21-11-10-14-4-2-3-5-15(14)12-21/h6-9,13-15H,2-5,10-12H2,1H3,(H,20,22)/p+1/t13-,14+,15-/m1/s1. The van der Waals surface area contributed by atoms with Crippen LogP contribution in [0.1, 0.15) is 39.0 Å². The molecule has 1 amide bonds. The summed E-state index contributed by atoms with van der Waals surface area (Å²) < 4.78 is 12.9. The number of rotatable bonds is 3. The van der Waals surface area contributed by atoms with Crippen LogP contribution < -0.4 is 10.2 Å². The lowest BCUT2D eigenvalue weighted by Gasteiger charge is -2.40. The molecule has 22 heavy (non-hydrogen) atoms.